The molecule has 0 saturated heterocycles. The fourth-order valence-electron chi connectivity index (χ4n) is 3.36. The van der Waals surface area contributed by atoms with Crippen LogP contribution in [0.3, 0.4) is 0 Å². The quantitative estimate of drug-likeness (QED) is 0.278. The second-order valence-corrected chi connectivity index (χ2v) is 7.60. The molecule has 2 aromatic carbocycles. The maximum absolute atomic E-state index is 12.6. The first-order valence-electron chi connectivity index (χ1n) is 10.3. The molecule has 10 heteroatoms. The highest BCUT2D eigenvalue weighted by Crippen LogP contribution is 2.17. The number of imidazole rings is 1. The van der Waals surface area contributed by atoms with Crippen LogP contribution in [-0.2, 0) is 13.6 Å². The molecule has 0 radical (unpaired) electrons. The van der Waals surface area contributed by atoms with Crippen molar-refractivity contribution >= 4 is 23.3 Å². The SMILES string of the molecule is Cc1cccc(OCC(O)Cn2c(NN=Cc3ccccc3)nc3c2c(=O)[nH]c(=O)n3C)c1. The zero-order valence-electron chi connectivity index (χ0n) is 18.2. The van der Waals surface area contributed by atoms with Crippen LogP contribution in [0.15, 0.2) is 69.3 Å². The molecular formula is C23H24N6O4. The summed E-state index contributed by atoms with van der Waals surface area (Å²) in [5, 5.41) is 14.8. The molecule has 0 bridgehead atoms. The number of hydrogen-bond acceptors (Lipinski definition) is 7. The van der Waals surface area contributed by atoms with Gasteiger partial charge < -0.3 is 14.4 Å². The highest BCUT2D eigenvalue weighted by Gasteiger charge is 2.20. The van der Waals surface area contributed by atoms with Crippen LogP contribution in [0.5, 0.6) is 5.75 Å². The number of rotatable bonds is 8. The molecule has 2 aromatic heterocycles. The van der Waals surface area contributed by atoms with Gasteiger partial charge in [-0.2, -0.15) is 10.1 Å². The fourth-order valence-corrected chi connectivity index (χ4v) is 3.36. The maximum atomic E-state index is 12.6. The number of fused-ring (bicyclic) bond motifs is 1. The summed E-state index contributed by atoms with van der Waals surface area (Å²) in [5.41, 5.74) is 3.85. The monoisotopic (exact) mass is 448 g/mol. The maximum Gasteiger partial charge on any atom is 0.329 e. The molecule has 1 atom stereocenters. The number of anilines is 1. The van der Waals surface area contributed by atoms with Gasteiger partial charge in [0.25, 0.3) is 5.56 Å². The predicted molar refractivity (Wildman–Crippen MR) is 126 cm³/mol. The minimum absolute atomic E-state index is 0.000477. The van der Waals surface area contributed by atoms with Crippen LogP contribution in [0, 0.1) is 6.92 Å². The van der Waals surface area contributed by atoms with E-state index in [9.17, 15) is 14.7 Å². The van der Waals surface area contributed by atoms with Crippen molar-refractivity contribution in [2.75, 3.05) is 12.0 Å². The van der Waals surface area contributed by atoms with E-state index in [-0.39, 0.29) is 30.3 Å². The minimum atomic E-state index is -0.960. The van der Waals surface area contributed by atoms with E-state index in [1.54, 1.807) is 12.3 Å². The lowest BCUT2D eigenvalue weighted by Gasteiger charge is -2.15. The lowest BCUT2D eigenvalue weighted by Crippen LogP contribution is -2.30. The van der Waals surface area contributed by atoms with Crippen LogP contribution >= 0.6 is 0 Å². The number of aryl methyl sites for hydroxylation is 2. The molecule has 4 aromatic rings. The number of hydrogen-bond donors (Lipinski definition) is 3. The molecule has 0 aliphatic rings. The zero-order chi connectivity index (χ0) is 23.4. The van der Waals surface area contributed by atoms with Crippen LogP contribution in [0.2, 0.25) is 0 Å². The Morgan fingerprint density at radius 1 is 1.21 bits per heavy atom. The average Bonchev–Trinajstić information content (AvgIpc) is 3.15. The average molecular weight is 448 g/mol. The van der Waals surface area contributed by atoms with Gasteiger partial charge in [0.2, 0.25) is 5.95 Å². The summed E-state index contributed by atoms with van der Waals surface area (Å²) < 4.78 is 8.40. The van der Waals surface area contributed by atoms with E-state index in [1.165, 1.54) is 16.2 Å². The molecule has 0 amide bonds. The highest BCUT2D eigenvalue weighted by atomic mass is 16.5. The Hall–Kier alpha value is -4.18. The number of hydrazone groups is 1. The summed E-state index contributed by atoms with van der Waals surface area (Å²) in [7, 11) is 1.51. The summed E-state index contributed by atoms with van der Waals surface area (Å²) in [6.45, 7) is 1.94. The number of aliphatic hydroxyl groups is 1. The van der Waals surface area contributed by atoms with Gasteiger partial charge in [0.15, 0.2) is 11.2 Å². The molecule has 170 valence electrons. The molecule has 0 spiro atoms. The lowest BCUT2D eigenvalue weighted by atomic mass is 10.2. The van der Waals surface area contributed by atoms with Crippen LogP contribution in [-0.4, -0.2) is 43.1 Å². The Morgan fingerprint density at radius 2 is 2.00 bits per heavy atom. The van der Waals surface area contributed by atoms with Gasteiger partial charge in [0, 0.05) is 7.05 Å². The minimum Gasteiger partial charge on any atom is -0.491 e. The largest absolute Gasteiger partial charge is 0.491 e. The van der Waals surface area contributed by atoms with Gasteiger partial charge >= 0.3 is 5.69 Å². The highest BCUT2D eigenvalue weighted by molar-refractivity contribution is 5.80. The molecule has 2 heterocycles. The van der Waals surface area contributed by atoms with Crippen LogP contribution in [0.1, 0.15) is 11.1 Å². The van der Waals surface area contributed by atoms with Crippen molar-refractivity contribution in [2.24, 2.45) is 12.1 Å². The Bertz CT molecular complexity index is 1400. The van der Waals surface area contributed by atoms with E-state index in [1.807, 2.05) is 55.5 Å². The van der Waals surface area contributed by atoms with Gasteiger partial charge in [-0.15, -0.1) is 0 Å². The topological polar surface area (TPSA) is 127 Å². The van der Waals surface area contributed by atoms with Crippen molar-refractivity contribution in [1.82, 2.24) is 19.1 Å². The summed E-state index contributed by atoms with van der Waals surface area (Å²) >= 11 is 0. The van der Waals surface area contributed by atoms with Crippen molar-refractivity contribution < 1.29 is 9.84 Å². The summed E-state index contributed by atoms with van der Waals surface area (Å²) in [6, 6.07) is 16.9. The second-order valence-electron chi connectivity index (χ2n) is 7.60. The van der Waals surface area contributed by atoms with E-state index in [4.69, 9.17) is 4.74 Å². The van der Waals surface area contributed by atoms with Crippen molar-refractivity contribution in [1.29, 1.82) is 0 Å². The molecule has 0 saturated carbocycles. The van der Waals surface area contributed by atoms with Gasteiger partial charge in [0.1, 0.15) is 18.5 Å². The molecule has 4 rings (SSSR count). The van der Waals surface area contributed by atoms with E-state index < -0.39 is 17.4 Å². The zero-order valence-corrected chi connectivity index (χ0v) is 18.2. The van der Waals surface area contributed by atoms with Gasteiger partial charge in [0.05, 0.1) is 12.8 Å². The Kier molecular flexibility index (Phi) is 6.36. The van der Waals surface area contributed by atoms with Gasteiger partial charge in [-0.1, -0.05) is 42.5 Å². The third-order valence-corrected chi connectivity index (χ3v) is 5.01. The van der Waals surface area contributed by atoms with E-state index in [2.05, 4.69) is 20.5 Å². The molecule has 0 aliphatic carbocycles. The number of ether oxygens (including phenoxy) is 1. The van der Waals surface area contributed by atoms with Gasteiger partial charge in [-0.05, 0) is 30.2 Å². The number of aromatic amines is 1. The first-order valence-corrected chi connectivity index (χ1v) is 10.3. The molecule has 10 nitrogen and oxygen atoms in total. The second kappa shape index (κ2) is 9.53. The smallest absolute Gasteiger partial charge is 0.329 e. The summed E-state index contributed by atoms with van der Waals surface area (Å²) in [6.07, 6.45) is 0.641. The number of H-pyrrole nitrogens is 1. The third kappa shape index (κ3) is 5.01. The number of aromatic nitrogens is 4. The van der Waals surface area contributed by atoms with E-state index in [0.29, 0.717) is 5.75 Å². The van der Waals surface area contributed by atoms with Crippen LogP contribution in [0.4, 0.5) is 5.95 Å². The number of benzene rings is 2. The number of aliphatic hydroxyl groups excluding tert-OH is 1. The molecular weight excluding hydrogens is 424 g/mol. The molecule has 33 heavy (non-hydrogen) atoms. The van der Waals surface area contributed by atoms with Crippen molar-refractivity contribution in [3.05, 3.63) is 86.6 Å². The summed E-state index contributed by atoms with van der Waals surface area (Å²) in [4.78, 5) is 31.2. The van der Waals surface area contributed by atoms with Gasteiger partial charge in [-0.25, -0.2) is 10.2 Å². The Balaban J connectivity index is 1.62. The molecule has 0 aliphatic heterocycles. The van der Waals surface area contributed by atoms with E-state index >= 15 is 0 Å². The number of nitrogens with one attached hydrogen (secondary N) is 2. The first kappa shape index (κ1) is 22.0. The third-order valence-electron chi connectivity index (χ3n) is 5.01. The van der Waals surface area contributed by atoms with Crippen molar-refractivity contribution in [3.8, 4) is 5.75 Å². The summed E-state index contributed by atoms with van der Waals surface area (Å²) in [5.74, 6) is 0.842. The Morgan fingerprint density at radius 3 is 2.76 bits per heavy atom. The molecule has 1 unspecified atom stereocenters. The predicted octanol–water partition coefficient (Wildman–Crippen LogP) is 1.62. The normalized spacial score (nSPS) is 12.3. The van der Waals surface area contributed by atoms with E-state index in [0.717, 1.165) is 11.1 Å². The van der Waals surface area contributed by atoms with Crippen LogP contribution < -0.4 is 21.4 Å². The Labute approximate surface area is 188 Å². The number of nitrogens with zero attached hydrogens (tertiary/aromatic N) is 4. The molecule has 3 N–H and O–H groups in total. The van der Waals surface area contributed by atoms with Crippen molar-refractivity contribution in [3.63, 3.8) is 0 Å². The standard InChI is InChI=1S/C23H24N6O4/c1-15-7-6-10-18(11-15)33-14-17(30)13-29-19-20(28(2)23(32)26-21(19)31)25-22(29)27-24-12-16-8-4-3-5-9-16/h3-12,17,30H,13-14H2,1-2H3,(H,25,27)(H,26,31,32). The lowest BCUT2D eigenvalue weighted by molar-refractivity contribution is 0.0938. The first-order chi connectivity index (χ1) is 15.9. The van der Waals surface area contributed by atoms with Gasteiger partial charge in [-0.3, -0.25) is 14.3 Å². The van der Waals surface area contributed by atoms with Crippen molar-refractivity contribution in [2.45, 2.75) is 19.6 Å². The fraction of sp³-hybridized carbons (Fsp3) is 0.217. The molecule has 0 fully saturated rings. The van der Waals surface area contributed by atoms with Crippen LogP contribution in [0.25, 0.3) is 11.2 Å².